The molecule has 0 amide bonds. The highest BCUT2D eigenvalue weighted by molar-refractivity contribution is 6.08. The van der Waals surface area contributed by atoms with Crippen molar-refractivity contribution < 1.29 is 14.5 Å². The Morgan fingerprint density at radius 3 is 2.36 bits per heavy atom. The van der Waals surface area contributed by atoms with Crippen molar-refractivity contribution in [1.29, 1.82) is 0 Å². The van der Waals surface area contributed by atoms with E-state index in [1.807, 2.05) is 30.3 Å². The first-order valence-corrected chi connectivity index (χ1v) is 7.61. The van der Waals surface area contributed by atoms with Gasteiger partial charge in [-0.2, -0.15) is 0 Å². The van der Waals surface area contributed by atoms with Crippen LogP contribution in [-0.4, -0.2) is 17.8 Å². The number of non-ortho nitro benzene ring substituents is 1. The standard InChI is InChI=1S/C20H15NO4/c1-25-19-10-7-15-12-17(6-5-16(15)13-19)20(22)11-4-14-2-8-18(9-3-14)21(23)24/h2-13H,1H3. The first-order valence-electron chi connectivity index (χ1n) is 7.61. The molecular weight excluding hydrogens is 318 g/mol. The van der Waals surface area contributed by atoms with Crippen LogP contribution in [0.25, 0.3) is 16.8 Å². The molecule has 3 aromatic rings. The van der Waals surface area contributed by atoms with Gasteiger partial charge >= 0.3 is 0 Å². The molecule has 0 radical (unpaired) electrons. The number of ketones is 1. The number of ether oxygens (including phenoxy) is 1. The lowest BCUT2D eigenvalue weighted by Crippen LogP contribution is -1.94. The highest BCUT2D eigenvalue weighted by Gasteiger charge is 2.05. The number of carbonyl (C=O) groups excluding carboxylic acids is 1. The molecule has 3 rings (SSSR count). The quantitative estimate of drug-likeness (QED) is 0.295. The van der Waals surface area contributed by atoms with Gasteiger partial charge in [-0.15, -0.1) is 0 Å². The Kier molecular flexibility index (Phi) is 4.57. The summed E-state index contributed by atoms with van der Waals surface area (Å²) in [5.41, 5.74) is 1.33. The minimum atomic E-state index is -0.456. The van der Waals surface area contributed by atoms with Gasteiger partial charge in [0, 0.05) is 17.7 Å². The third kappa shape index (κ3) is 3.72. The molecular formula is C20H15NO4. The SMILES string of the molecule is COc1ccc2cc(C(=O)C=Cc3ccc([N+](=O)[O-])cc3)ccc2c1. The van der Waals surface area contributed by atoms with Crippen molar-refractivity contribution in [3.05, 3.63) is 88.0 Å². The normalized spacial score (nSPS) is 10.9. The second kappa shape index (κ2) is 6.97. The predicted molar refractivity (Wildman–Crippen MR) is 97.0 cm³/mol. The topological polar surface area (TPSA) is 69.4 Å². The molecule has 0 fully saturated rings. The van der Waals surface area contributed by atoms with E-state index in [9.17, 15) is 14.9 Å². The predicted octanol–water partition coefficient (Wildman–Crippen LogP) is 4.65. The van der Waals surface area contributed by atoms with Crippen molar-refractivity contribution in [3.63, 3.8) is 0 Å². The van der Waals surface area contributed by atoms with Crippen molar-refractivity contribution in [1.82, 2.24) is 0 Å². The Bertz CT molecular complexity index is 975. The Labute approximate surface area is 144 Å². The summed E-state index contributed by atoms with van der Waals surface area (Å²) in [6, 6.07) is 17.2. The molecule has 124 valence electrons. The van der Waals surface area contributed by atoms with Gasteiger partial charge in [-0.1, -0.05) is 24.3 Å². The zero-order valence-corrected chi connectivity index (χ0v) is 13.5. The number of nitro groups is 1. The molecule has 0 atom stereocenters. The molecule has 3 aromatic carbocycles. The number of benzene rings is 3. The number of hydrogen-bond acceptors (Lipinski definition) is 4. The van der Waals surface area contributed by atoms with Gasteiger partial charge in [0.25, 0.3) is 5.69 Å². The molecule has 0 aliphatic rings. The molecule has 5 nitrogen and oxygen atoms in total. The zero-order valence-electron chi connectivity index (χ0n) is 13.5. The van der Waals surface area contributed by atoms with Gasteiger partial charge in [0.2, 0.25) is 0 Å². The van der Waals surface area contributed by atoms with Crippen molar-refractivity contribution in [2.24, 2.45) is 0 Å². The summed E-state index contributed by atoms with van der Waals surface area (Å²) in [6.07, 6.45) is 3.11. The van der Waals surface area contributed by atoms with Crippen molar-refractivity contribution in [2.75, 3.05) is 7.11 Å². The largest absolute Gasteiger partial charge is 0.497 e. The van der Waals surface area contributed by atoms with E-state index >= 15 is 0 Å². The van der Waals surface area contributed by atoms with Gasteiger partial charge in [0.1, 0.15) is 5.75 Å². The van der Waals surface area contributed by atoms with Crippen LogP contribution in [0.3, 0.4) is 0 Å². The monoisotopic (exact) mass is 333 g/mol. The Hall–Kier alpha value is -3.47. The molecule has 0 saturated carbocycles. The molecule has 0 N–H and O–H groups in total. The summed E-state index contributed by atoms with van der Waals surface area (Å²) in [5.74, 6) is 0.640. The first-order chi connectivity index (χ1) is 12.1. The number of fused-ring (bicyclic) bond motifs is 1. The van der Waals surface area contributed by atoms with Crippen molar-refractivity contribution in [2.45, 2.75) is 0 Å². The van der Waals surface area contributed by atoms with Crippen molar-refractivity contribution >= 4 is 28.3 Å². The molecule has 25 heavy (non-hydrogen) atoms. The molecule has 0 aromatic heterocycles. The summed E-state index contributed by atoms with van der Waals surface area (Å²) >= 11 is 0. The molecule has 0 aliphatic heterocycles. The lowest BCUT2D eigenvalue weighted by Gasteiger charge is -2.04. The lowest BCUT2D eigenvalue weighted by molar-refractivity contribution is -0.384. The Morgan fingerprint density at radius 2 is 1.68 bits per heavy atom. The third-order valence-corrected chi connectivity index (χ3v) is 3.86. The van der Waals surface area contributed by atoms with Gasteiger partial charge in [-0.05, 0) is 52.7 Å². The first kappa shape index (κ1) is 16.4. The molecule has 0 bridgehead atoms. The highest BCUT2D eigenvalue weighted by atomic mass is 16.6. The minimum absolute atomic E-state index is 0.0217. The third-order valence-electron chi connectivity index (χ3n) is 3.86. The Balaban J connectivity index is 1.80. The van der Waals surface area contributed by atoms with Crippen LogP contribution in [-0.2, 0) is 0 Å². The number of methoxy groups -OCH3 is 1. The van der Waals surface area contributed by atoms with Gasteiger partial charge in [-0.25, -0.2) is 0 Å². The molecule has 0 unspecified atom stereocenters. The van der Waals surface area contributed by atoms with Crippen molar-refractivity contribution in [3.8, 4) is 5.75 Å². The van der Waals surface area contributed by atoms with Crippen LogP contribution < -0.4 is 4.74 Å². The number of carbonyl (C=O) groups is 1. The molecule has 0 spiro atoms. The lowest BCUT2D eigenvalue weighted by atomic mass is 10.0. The van der Waals surface area contributed by atoms with Crippen LogP contribution >= 0.6 is 0 Å². The summed E-state index contributed by atoms with van der Waals surface area (Å²) in [7, 11) is 1.61. The summed E-state index contributed by atoms with van der Waals surface area (Å²) in [5, 5.41) is 12.6. The summed E-state index contributed by atoms with van der Waals surface area (Å²) < 4.78 is 5.19. The van der Waals surface area contributed by atoms with Crippen LogP contribution in [0, 0.1) is 10.1 Å². The van der Waals surface area contributed by atoms with E-state index in [1.54, 1.807) is 31.4 Å². The summed E-state index contributed by atoms with van der Waals surface area (Å²) in [4.78, 5) is 22.5. The van der Waals surface area contributed by atoms with E-state index < -0.39 is 4.92 Å². The maximum atomic E-state index is 12.3. The maximum absolute atomic E-state index is 12.3. The van der Waals surface area contributed by atoms with Crippen LogP contribution in [0.5, 0.6) is 5.75 Å². The number of allylic oxidation sites excluding steroid dienone is 1. The fourth-order valence-corrected chi connectivity index (χ4v) is 2.48. The fraction of sp³-hybridized carbons (Fsp3) is 0.0500. The van der Waals surface area contributed by atoms with Gasteiger partial charge in [-0.3, -0.25) is 14.9 Å². The van der Waals surface area contributed by atoms with Gasteiger partial charge < -0.3 is 4.74 Å². The number of nitro benzene ring substituents is 1. The van der Waals surface area contributed by atoms with E-state index in [2.05, 4.69) is 0 Å². The van der Waals surface area contributed by atoms with Gasteiger partial charge in [0.05, 0.1) is 12.0 Å². The minimum Gasteiger partial charge on any atom is -0.497 e. The van der Waals surface area contributed by atoms with Crippen LogP contribution in [0.1, 0.15) is 15.9 Å². The van der Waals surface area contributed by atoms with Gasteiger partial charge in [0.15, 0.2) is 5.78 Å². The summed E-state index contributed by atoms with van der Waals surface area (Å²) in [6.45, 7) is 0. The van der Waals surface area contributed by atoms with Crippen LogP contribution in [0.15, 0.2) is 66.7 Å². The van der Waals surface area contributed by atoms with Crippen LogP contribution in [0.2, 0.25) is 0 Å². The fourth-order valence-electron chi connectivity index (χ4n) is 2.48. The number of rotatable bonds is 5. The van der Waals surface area contributed by atoms with E-state index in [0.717, 1.165) is 22.1 Å². The van der Waals surface area contributed by atoms with E-state index in [0.29, 0.717) is 5.56 Å². The second-order valence-electron chi connectivity index (χ2n) is 5.47. The average molecular weight is 333 g/mol. The molecule has 5 heteroatoms. The average Bonchev–Trinajstić information content (AvgIpc) is 2.65. The number of nitrogens with zero attached hydrogens (tertiary/aromatic N) is 1. The molecule has 0 saturated heterocycles. The highest BCUT2D eigenvalue weighted by Crippen LogP contribution is 2.22. The molecule has 0 heterocycles. The van der Waals surface area contributed by atoms with Crippen LogP contribution in [0.4, 0.5) is 5.69 Å². The maximum Gasteiger partial charge on any atom is 0.269 e. The van der Waals surface area contributed by atoms with E-state index in [-0.39, 0.29) is 11.5 Å². The number of hydrogen-bond donors (Lipinski definition) is 0. The Morgan fingerprint density at radius 1 is 1.00 bits per heavy atom. The second-order valence-corrected chi connectivity index (χ2v) is 5.47. The molecule has 0 aliphatic carbocycles. The van der Waals surface area contributed by atoms with E-state index in [4.69, 9.17) is 4.74 Å². The zero-order chi connectivity index (χ0) is 17.8. The van der Waals surface area contributed by atoms with E-state index in [1.165, 1.54) is 18.2 Å². The smallest absolute Gasteiger partial charge is 0.269 e.